The van der Waals surface area contributed by atoms with Crippen molar-refractivity contribution in [3.8, 4) is 11.5 Å². The third kappa shape index (κ3) is 10.5. The van der Waals surface area contributed by atoms with Crippen LogP contribution in [0.25, 0.3) is 0 Å². The van der Waals surface area contributed by atoms with Crippen molar-refractivity contribution in [3.05, 3.63) is 54.1 Å². The third-order valence-electron chi connectivity index (χ3n) is 8.89. The van der Waals surface area contributed by atoms with E-state index in [1.807, 2.05) is 42.5 Å². The number of carbonyl (C=O) groups excluding carboxylic acids is 1. The van der Waals surface area contributed by atoms with Gasteiger partial charge >= 0.3 is 0 Å². The van der Waals surface area contributed by atoms with Crippen molar-refractivity contribution in [1.29, 1.82) is 0 Å². The predicted molar refractivity (Wildman–Crippen MR) is 170 cm³/mol. The Labute approximate surface area is 276 Å². The van der Waals surface area contributed by atoms with Crippen LogP contribution in [0.1, 0.15) is 50.5 Å². The topological polar surface area (TPSA) is 143 Å². The maximum absolute atomic E-state index is 13.1. The van der Waals surface area contributed by atoms with Gasteiger partial charge in [0.2, 0.25) is 5.91 Å². The summed E-state index contributed by atoms with van der Waals surface area (Å²) in [4.78, 5) is 21.5. The van der Waals surface area contributed by atoms with Gasteiger partial charge in [-0.3, -0.25) is 20.0 Å². The van der Waals surface area contributed by atoms with Crippen LogP contribution in [0, 0.1) is 0 Å². The van der Waals surface area contributed by atoms with Gasteiger partial charge in [-0.05, 0) is 68.4 Å². The molecule has 2 aliphatic heterocycles. The van der Waals surface area contributed by atoms with E-state index in [1.54, 1.807) is 12.0 Å². The van der Waals surface area contributed by atoms with E-state index in [9.17, 15) is 9.90 Å². The molecule has 2 aromatic carbocycles. The summed E-state index contributed by atoms with van der Waals surface area (Å²) >= 11 is 0. The highest BCUT2D eigenvalue weighted by molar-refractivity contribution is 5.76. The molecule has 2 heterocycles. The molecule has 0 spiro atoms. The number of anilines is 1. The van der Waals surface area contributed by atoms with E-state index in [1.165, 1.54) is 0 Å². The number of ether oxygens (including phenoxy) is 5. The maximum Gasteiger partial charge on any atom is 0.222 e. The van der Waals surface area contributed by atoms with Crippen LogP contribution in [0.3, 0.4) is 0 Å². The Bertz CT molecular complexity index is 1230. The molecule has 3 N–H and O–H groups in total. The summed E-state index contributed by atoms with van der Waals surface area (Å²) in [5, 5.41) is 28.4. The lowest BCUT2D eigenvalue weighted by Gasteiger charge is -2.43. The average molecular weight is 660 g/mol. The molecular weight excluding hydrogens is 610 g/mol. The van der Waals surface area contributed by atoms with Gasteiger partial charge in [0.25, 0.3) is 0 Å². The Kier molecular flexibility index (Phi) is 13.5. The molecule has 3 aliphatic rings. The van der Waals surface area contributed by atoms with Crippen LogP contribution >= 0.6 is 0 Å². The standard InChI is InChI=1S/C34H49N3O10/c1-42-18-6-16-35-17-20-43-31-15-10-25(21-29(31)35)24-44-32-23-36(33(39)9-5-19-45-37(40)41)22-30(38)34(32)47-28-13-11-27(12-14-28)46-26-7-3-2-4-8-26/h2-4,7-8,10,15,21,27-28,30,32,34,38,40-41H,5-6,9,11-14,16-20,22-24H2,1H3. The number of benzene rings is 2. The van der Waals surface area contributed by atoms with Gasteiger partial charge < -0.3 is 38.6 Å². The molecule has 260 valence electrons. The normalized spacial score (nSPS) is 24.6. The number of β-amino-alcohol motifs (C(OH)–C–C–N with tert-alkyl or cyclic N) is 1. The maximum atomic E-state index is 13.1. The van der Waals surface area contributed by atoms with Crippen molar-refractivity contribution in [2.24, 2.45) is 0 Å². The molecule has 5 rings (SSSR count). The highest BCUT2D eigenvalue weighted by Gasteiger charge is 2.41. The number of likely N-dealkylation sites (tertiary alicyclic amines) is 1. The number of amides is 1. The predicted octanol–water partition coefficient (Wildman–Crippen LogP) is 3.58. The van der Waals surface area contributed by atoms with Crippen molar-refractivity contribution < 1.29 is 48.8 Å². The first-order chi connectivity index (χ1) is 22.9. The number of para-hydroxylation sites is 1. The van der Waals surface area contributed by atoms with E-state index in [0.29, 0.717) is 13.2 Å². The molecule has 47 heavy (non-hydrogen) atoms. The highest BCUT2D eigenvalue weighted by atomic mass is 17.1. The number of hydrogen-bond acceptors (Lipinski definition) is 12. The zero-order chi connectivity index (χ0) is 33.0. The molecule has 2 aromatic rings. The number of methoxy groups -OCH3 is 1. The largest absolute Gasteiger partial charge is 0.490 e. The number of aliphatic hydroxyl groups excluding tert-OH is 1. The van der Waals surface area contributed by atoms with Gasteiger partial charge in [0.05, 0.1) is 43.0 Å². The first-order valence-corrected chi connectivity index (χ1v) is 16.6. The summed E-state index contributed by atoms with van der Waals surface area (Å²) in [5.74, 6) is 1.52. The van der Waals surface area contributed by atoms with Gasteiger partial charge in [0.15, 0.2) is 0 Å². The molecule has 3 unspecified atom stereocenters. The summed E-state index contributed by atoms with van der Waals surface area (Å²) in [5.41, 5.74) is 1.97. The van der Waals surface area contributed by atoms with Crippen molar-refractivity contribution in [2.75, 3.05) is 58.0 Å². The van der Waals surface area contributed by atoms with Crippen LogP contribution in [0.4, 0.5) is 5.69 Å². The number of nitrogens with zero attached hydrogens (tertiary/aromatic N) is 3. The molecule has 0 bridgehead atoms. The second-order valence-corrected chi connectivity index (χ2v) is 12.3. The fourth-order valence-electron chi connectivity index (χ4n) is 6.47. The summed E-state index contributed by atoms with van der Waals surface area (Å²) in [6, 6.07) is 15.9. The molecule has 0 radical (unpaired) electrons. The number of fused-ring (bicyclic) bond motifs is 1. The zero-order valence-corrected chi connectivity index (χ0v) is 27.2. The Balaban J connectivity index is 1.22. The quantitative estimate of drug-likeness (QED) is 0.179. The van der Waals surface area contributed by atoms with Gasteiger partial charge in [-0.1, -0.05) is 24.3 Å². The van der Waals surface area contributed by atoms with Gasteiger partial charge in [-0.15, -0.1) is 0 Å². The van der Waals surface area contributed by atoms with Gasteiger partial charge in [-0.25, -0.2) is 0 Å². The lowest BCUT2D eigenvalue weighted by atomic mass is 9.93. The first-order valence-electron chi connectivity index (χ1n) is 16.6. The minimum absolute atomic E-state index is 0.0397. The average Bonchev–Trinajstić information content (AvgIpc) is 3.08. The minimum atomic E-state index is -0.939. The van der Waals surface area contributed by atoms with Crippen LogP contribution in [0.5, 0.6) is 11.5 Å². The van der Waals surface area contributed by atoms with E-state index in [0.717, 1.165) is 67.9 Å². The van der Waals surface area contributed by atoms with Crippen LogP contribution in [0.2, 0.25) is 0 Å². The monoisotopic (exact) mass is 659 g/mol. The van der Waals surface area contributed by atoms with Gasteiger partial charge in [0.1, 0.15) is 36.4 Å². The van der Waals surface area contributed by atoms with Gasteiger partial charge in [0, 0.05) is 39.8 Å². The Morgan fingerprint density at radius 1 is 1.00 bits per heavy atom. The summed E-state index contributed by atoms with van der Waals surface area (Å²) in [7, 11) is 1.71. The molecule has 1 amide bonds. The number of aliphatic hydroxyl groups is 1. The number of hydrogen-bond donors (Lipinski definition) is 3. The number of carbonyl (C=O) groups is 1. The molecule has 1 saturated carbocycles. The Morgan fingerprint density at radius 3 is 2.55 bits per heavy atom. The lowest BCUT2D eigenvalue weighted by molar-refractivity contribution is -0.492. The molecule has 13 nitrogen and oxygen atoms in total. The summed E-state index contributed by atoms with van der Waals surface area (Å²) < 4.78 is 30.3. The van der Waals surface area contributed by atoms with E-state index in [2.05, 4.69) is 15.8 Å². The molecule has 0 aromatic heterocycles. The summed E-state index contributed by atoms with van der Waals surface area (Å²) in [6.07, 6.45) is 2.54. The molecule has 3 atom stereocenters. The molecule has 2 fully saturated rings. The number of piperidine rings is 1. The van der Waals surface area contributed by atoms with E-state index >= 15 is 0 Å². The summed E-state index contributed by atoms with van der Waals surface area (Å²) in [6.45, 7) is 3.58. The Morgan fingerprint density at radius 2 is 1.79 bits per heavy atom. The lowest BCUT2D eigenvalue weighted by Crippen LogP contribution is -2.59. The molecule has 1 aliphatic carbocycles. The van der Waals surface area contributed by atoms with Crippen LogP contribution in [0.15, 0.2) is 48.5 Å². The van der Waals surface area contributed by atoms with Crippen molar-refractivity contribution in [2.45, 2.75) is 82.1 Å². The molecule has 1 saturated heterocycles. The molecule has 13 heteroatoms. The van der Waals surface area contributed by atoms with Crippen LogP contribution in [-0.4, -0.2) is 115 Å². The van der Waals surface area contributed by atoms with Crippen LogP contribution < -0.4 is 14.4 Å². The zero-order valence-electron chi connectivity index (χ0n) is 27.2. The van der Waals surface area contributed by atoms with Crippen molar-refractivity contribution in [1.82, 2.24) is 10.3 Å². The van der Waals surface area contributed by atoms with Crippen molar-refractivity contribution >= 4 is 11.6 Å². The fraction of sp³-hybridized carbons (Fsp3) is 0.618. The van der Waals surface area contributed by atoms with E-state index in [4.69, 9.17) is 34.1 Å². The van der Waals surface area contributed by atoms with Crippen LogP contribution in [-0.2, 0) is 30.4 Å². The second kappa shape index (κ2) is 17.9. The van der Waals surface area contributed by atoms with Crippen molar-refractivity contribution in [3.63, 3.8) is 0 Å². The van der Waals surface area contributed by atoms with E-state index < -0.39 is 18.3 Å². The Hall–Kier alpha value is -3.01. The molecular formula is C34H49N3O10. The van der Waals surface area contributed by atoms with E-state index in [-0.39, 0.29) is 62.6 Å². The fourth-order valence-corrected chi connectivity index (χ4v) is 6.47. The van der Waals surface area contributed by atoms with Gasteiger partial charge in [-0.2, -0.15) is 0 Å². The SMILES string of the molecule is COCCCN1CCOc2ccc(COC3CN(C(=O)CCCON(O)O)CC(O)C3OC3CCC(Oc4ccccc4)CC3)cc21. The second-order valence-electron chi connectivity index (χ2n) is 12.3. The minimum Gasteiger partial charge on any atom is -0.490 e. The third-order valence-corrected chi connectivity index (χ3v) is 8.89. The highest BCUT2D eigenvalue weighted by Crippen LogP contribution is 2.34. The first kappa shape index (κ1) is 35.3. The number of rotatable bonds is 16. The smallest absolute Gasteiger partial charge is 0.222 e.